The van der Waals surface area contributed by atoms with Gasteiger partial charge in [0.2, 0.25) is 0 Å². The number of rotatable bonds is 5. The first kappa shape index (κ1) is 21.8. The summed E-state index contributed by atoms with van der Waals surface area (Å²) in [6.07, 6.45) is 0.730. The Morgan fingerprint density at radius 1 is 1.09 bits per heavy atom. The standard InChI is InChI=1S/C28H25NO5/c1-3-33-22-9-5-7-19(16-22)25-24(26(30)20-10-11-23-18(15-20)12-13-34-23)27(31)28(32)29(25)21-8-4-6-17(2)14-21/h4-11,14-16,25,30H,3,12-13H2,1-2H3/b26-24-. The highest BCUT2D eigenvalue weighted by Crippen LogP contribution is 2.43. The van der Waals surface area contributed by atoms with Gasteiger partial charge in [0.1, 0.15) is 17.3 Å². The Balaban J connectivity index is 1.70. The van der Waals surface area contributed by atoms with Crippen molar-refractivity contribution in [3.63, 3.8) is 0 Å². The number of fused-ring (bicyclic) bond motifs is 1. The summed E-state index contributed by atoms with van der Waals surface area (Å²) < 4.78 is 11.2. The number of Topliss-reactive ketones (excluding diaryl/α,β-unsaturated/α-hetero) is 1. The second kappa shape index (κ2) is 8.71. The summed E-state index contributed by atoms with van der Waals surface area (Å²) in [5.74, 6) is -0.191. The molecule has 6 nitrogen and oxygen atoms in total. The molecule has 0 aliphatic carbocycles. The van der Waals surface area contributed by atoms with E-state index in [1.807, 2.05) is 62.4 Å². The van der Waals surface area contributed by atoms with Crippen LogP contribution in [0.4, 0.5) is 5.69 Å². The number of carbonyl (C=O) groups excluding carboxylic acids is 2. The van der Waals surface area contributed by atoms with Gasteiger partial charge in [-0.2, -0.15) is 0 Å². The molecule has 1 atom stereocenters. The lowest BCUT2D eigenvalue weighted by molar-refractivity contribution is -0.132. The summed E-state index contributed by atoms with van der Waals surface area (Å²) >= 11 is 0. The molecular weight excluding hydrogens is 430 g/mol. The normalized spacial score (nSPS) is 18.6. The van der Waals surface area contributed by atoms with E-state index in [1.165, 1.54) is 4.90 Å². The van der Waals surface area contributed by atoms with Gasteiger partial charge in [-0.15, -0.1) is 0 Å². The van der Waals surface area contributed by atoms with Crippen LogP contribution in [-0.2, 0) is 16.0 Å². The topological polar surface area (TPSA) is 76.1 Å². The molecule has 0 bridgehead atoms. The highest BCUT2D eigenvalue weighted by Gasteiger charge is 2.47. The monoisotopic (exact) mass is 455 g/mol. The zero-order chi connectivity index (χ0) is 23.8. The largest absolute Gasteiger partial charge is 0.507 e. The van der Waals surface area contributed by atoms with E-state index in [9.17, 15) is 14.7 Å². The third-order valence-corrected chi connectivity index (χ3v) is 6.17. The predicted octanol–water partition coefficient (Wildman–Crippen LogP) is 4.95. The lowest BCUT2D eigenvalue weighted by Crippen LogP contribution is -2.29. The van der Waals surface area contributed by atoms with Crippen molar-refractivity contribution < 1.29 is 24.2 Å². The van der Waals surface area contributed by atoms with Crippen molar-refractivity contribution in [1.82, 2.24) is 0 Å². The Hall–Kier alpha value is -4.06. The van der Waals surface area contributed by atoms with Crippen molar-refractivity contribution >= 4 is 23.1 Å². The lowest BCUT2D eigenvalue weighted by atomic mass is 9.94. The zero-order valence-electron chi connectivity index (χ0n) is 19.1. The number of amides is 1. The summed E-state index contributed by atoms with van der Waals surface area (Å²) in [5, 5.41) is 11.4. The third kappa shape index (κ3) is 3.71. The van der Waals surface area contributed by atoms with E-state index in [0.717, 1.165) is 23.3 Å². The molecule has 172 valence electrons. The van der Waals surface area contributed by atoms with Crippen LogP contribution >= 0.6 is 0 Å². The zero-order valence-corrected chi connectivity index (χ0v) is 19.1. The average Bonchev–Trinajstić information content (AvgIpc) is 3.41. The number of hydrogen-bond acceptors (Lipinski definition) is 5. The molecule has 2 heterocycles. The number of ketones is 1. The van der Waals surface area contributed by atoms with Gasteiger partial charge < -0.3 is 14.6 Å². The van der Waals surface area contributed by atoms with Gasteiger partial charge in [-0.25, -0.2) is 0 Å². The molecule has 0 radical (unpaired) electrons. The van der Waals surface area contributed by atoms with Gasteiger partial charge in [0.15, 0.2) is 0 Å². The van der Waals surface area contributed by atoms with E-state index in [0.29, 0.717) is 35.8 Å². The van der Waals surface area contributed by atoms with Gasteiger partial charge in [0.25, 0.3) is 11.7 Å². The highest BCUT2D eigenvalue weighted by molar-refractivity contribution is 6.51. The molecule has 1 fully saturated rings. The third-order valence-electron chi connectivity index (χ3n) is 6.17. The molecule has 1 amide bonds. The molecule has 2 aliphatic rings. The molecule has 5 rings (SSSR count). The van der Waals surface area contributed by atoms with Crippen molar-refractivity contribution in [2.45, 2.75) is 26.3 Å². The van der Waals surface area contributed by atoms with Crippen LogP contribution in [0.5, 0.6) is 11.5 Å². The van der Waals surface area contributed by atoms with Crippen molar-refractivity contribution in [2.24, 2.45) is 0 Å². The minimum atomic E-state index is -0.799. The first-order valence-corrected chi connectivity index (χ1v) is 11.3. The summed E-state index contributed by atoms with van der Waals surface area (Å²) in [6.45, 7) is 4.89. The fourth-order valence-corrected chi connectivity index (χ4v) is 4.62. The summed E-state index contributed by atoms with van der Waals surface area (Å²) in [4.78, 5) is 28.1. The van der Waals surface area contributed by atoms with Crippen LogP contribution in [0.15, 0.2) is 72.3 Å². The van der Waals surface area contributed by atoms with Crippen LogP contribution < -0.4 is 14.4 Å². The van der Waals surface area contributed by atoms with E-state index in [2.05, 4.69) is 0 Å². The molecular formula is C28H25NO5. The van der Waals surface area contributed by atoms with E-state index < -0.39 is 17.7 Å². The number of benzene rings is 3. The van der Waals surface area contributed by atoms with Crippen LogP contribution in [0.25, 0.3) is 5.76 Å². The van der Waals surface area contributed by atoms with Gasteiger partial charge in [-0.05, 0) is 73.0 Å². The summed E-state index contributed by atoms with van der Waals surface area (Å²) in [6, 6.07) is 19.3. The molecule has 1 saturated heterocycles. The minimum absolute atomic E-state index is 0.0546. The van der Waals surface area contributed by atoms with Crippen LogP contribution in [0.1, 0.15) is 35.2 Å². The Morgan fingerprint density at radius 3 is 2.71 bits per heavy atom. The molecule has 34 heavy (non-hydrogen) atoms. The van der Waals surface area contributed by atoms with Crippen LogP contribution in [-0.4, -0.2) is 30.0 Å². The van der Waals surface area contributed by atoms with Crippen LogP contribution in [0.2, 0.25) is 0 Å². The second-order valence-electron chi connectivity index (χ2n) is 8.43. The number of nitrogens with zero attached hydrogens (tertiary/aromatic N) is 1. The molecule has 3 aromatic rings. The summed E-state index contributed by atoms with van der Waals surface area (Å²) in [5.41, 5.74) is 3.73. The number of aliphatic hydroxyl groups excluding tert-OH is 1. The molecule has 0 aromatic heterocycles. The quantitative estimate of drug-likeness (QED) is 0.335. The van der Waals surface area contributed by atoms with Crippen LogP contribution in [0.3, 0.4) is 0 Å². The van der Waals surface area contributed by atoms with E-state index >= 15 is 0 Å². The smallest absolute Gasteiger partial charge is 0.300 e. The first-order chi connectivity index (χ1) is 16.5. The second-order valence-corrected chi connectivity index (χ2v) is 8.43. The number of aliphatic hydroxyl groups is 1. The van der Waals surface area contributed by atoms with Gasteiger partial charge in [0.05, 0.1) is 24.8 Å². The maximum absolute atomic E-state index is 13.4. The number of hydrogen-bond donors (Lipinski definition) is 1. The Bertz CT molecular complexity index is 1330. The minimum Gasteiger partial charge on any atom is -0.507 e. The molecule has 1 N–H and O–H groups in total. The Kier molecular flexibility index (Phi) is 5.57. The molecule has 2 aliphatic heterocycles. The Labute approximate surface area is 198 Å². The van der Waals surface area contributed by atoms with Crippen molar-refractivity contribution in [3.05, 3.63) is 94.6 Å². The maximum Gasteiger partial charge on any atom is 0.300 e. The molecule has 0 spiro atoms. The van der Waals surface area contributed by atoms with E-state index in [1.54, 1.807) is 18.2 Å². The SMILES string of the molecule is CCOc1cccc(C2/C(=C(/O)c3ccc4c(c3)CCO4)C(=O)C(=O)N2c2cccc(C)c2)c1. The fraction of sp³-hybridized carbons (Fsp3) is 0.214. The molecule has 6 heteroatoms. The lowest BCUT2D eigenvalue weighted by Gasteiger charge is -2.26. The average molecular weight is 456 g/mol. The van der Waals surface area contributed by atoms with Gasteiger partial charge in [0, 0.05) is 17.7 Å². The predicted molar refractivity (Wildman–Crippen MR) is 129 cm³/mol. The number of aryl methyl sites for hydroxylation is 1. The number of anilines is 1. The van der Waals surface area contributed by atoms with Crippen molar-refractivity contribution in [1.29, 1.82) is 0 Å². The van der Waals surface area contributed by atoms with Gasteiger partial charge in [-0.3, -0.25) is 14.5 Å². The van der Waals surface area contributed by atoms with Gasteiger partial charge >= 0.3 is 0 Å². The first-order valence-electron chi connectivity index (χ1n) is 11.3. The Morgan fingerprint density at radius 2 is 1.91 bits per heavy atom. The molecule has 3 aromatic carbocycles. The van der Waals surface area contributed by atoms with E-state index in [4.69, 9.17) is 9.47 Å². The highest BCUT2D eigenvalue weighted by atomic mass is 16.5. The molecule has 1 unspecified atom stereocenters. The fourth-order valence-electron chi connectivity index (χ4n) is 4.62. The number of ether oxygens (including phenoxy) is 2. The van der Waals surface area contributed by atoms with Crippen molar-refractivity contribution in [2.75, 3.05) is 18.1 Å². The van der Waals surface area contributed by atoms with Crippen LogP contribution in [0, 0.1) is 6.92 Å². The molecule has 0 saturated carbocycles. The van der Waals surface area contributed by atoms with Crippen molar-refractivity contribution in [3.8, 4) is 11.5 Å². The van der Waals surface area contributed by atoms with Gasteiger partial charge in [-0.1, -0.05) is 24.3 Å². The number of carbonyl (C=O) groups is 2. The summed E-state index contributed by atoms with van der Waals surface area (Å²) in [7, 11) is 0. The van der Waals surface area contributed by atoms with E-state index in [-0.39, 0.29) is 11.3 Å². The maximum atomic E-state index is 13.4.